The van der Waals surface area contributed by atoms with Crippen molar-refractivity contribution in [3.63, 3.8) is 0 Å². The quantitative estimate of drug-likeness (QED) is 0.896. The van der Waals surface area contributed by atoms with Gasteiger partial charge in [0.25, 0.3) is 0 Å². The van der Waals surface area contributed by atoms with Crippen molar-refractivity contribution in [1.82, 2.24) is 9.97 Å². The van der Waals surface area contributed by atoms with Crippen LogP contribution in [-0.2, 0) is 11.2 Å². The molecule has 0 aromatic carbocycles. The highest BCUT2D eigenvalue weighted by molar-refractivity contribution is 7.13. The summed E-state index contributed by atoms with van der Waals surface area (Å²) in [7, 11) is 1.55. The van der Waals surface area contributed by atoms with Crippen LogP contribution in [0.4, 0.5) is 0 Å². The summed E-state index contributed by atoms with van der Waals surface area (Å²) in [6.45, 7) is 0. The monoisotopic (exact) mass is 250 g/mol. The third kappa shape index (κ3) is 2.79. The standard InChI is InChI=1S/C11H10N2O3S/c1-16-9-3-2-7(5-12-9)11-13-8(6-17-11)4-10(14)15/h2-3,5-6H,4H2,1H3,(H,14,15). The second-order valence-corrected chi connectivity index (χ2v) is 4.16. The maximum Gasteiger partial charge on any atom is 0.309 e. The zero-order valence-electron chi connectivity index (χ0n) is 9.08. The van der Waals surface area contributed by atoms with E-state index in [1.807, 2.05) is 6.07 Å². The van der Waals surface area contributed by atoms with Crippen molar-refractivity contribution in [3.05, 3.63) is 29.4 Å². The van der Waals surface area contributed by atoms with Gasteiger partial charge in [-0.05, 0) is 6.07 Å². The van der Waals surface area contributed by atoms with Crippen LogP contribution in [0.1, 0.15) is 5.69 Å². The minimum absolute atomic E-state index is 0.0555. The van der Waals surface area contributed by atoms with Crippen molar-refractivity contribution in [2.45, 2.75) is 6.42 Å². The number of pyridine rings is 1. The van der Waals surface area contributed by atoms with Gasteiger partial charge in [-0.2, -0.15) is 0 Å². The molecule has 0 atom stereocenters. The van der Waals surface area contributed by atoms with Crippen LogP contribution < -0.4 is 4.74 Å². The molecular weight excluding hydrogens is 240 g/mol. The van der Waals surface area contributed by atoms with Crippen LogP contribution in [0.15, 0.2) is 23.7 Å². The molecule has 0 aliphatic carbocycles. The molecule has 0 fully saturated rings. The summed E-state index contributed by atoms with van der Waals surface area (Å²) < 4.78 is 4.96. The van der Waals surface area contributed by atoms with Crippen LogP contribution in [0, 0.1) is 0 Å². The van der Waals surface area contributed by atoms with Gasteiger partial charge in [0.05, 0.1) is 19.2 Å². The van der Waals surface area contributed by atoms with Gasteiger partial charge in [0.1, 0.15) is 5.01 Å². The summed E-state index contributed by atoms with van der Waals surface area (Å²) in [5.74, 6) is -0.342. The Morgan fingerprint density at radius 1 is 1.53 bits per heavy atom. The van der Waals surface area contributed by atoms with Gasteiger partial charge in [-0.15, -0.1) is 11.3 Å². The van der Waals surface area contributed by atoms with Gasteiger partial charge in [0.15, 0.2) is 0 Å². The Labute approximate surface area is 102 Å². The smallest absolute Gasteiger partial charge is 0.309 e. The van der Waals surface area contributed by atoms with Crippen molar-refractivity contribution < 1.29 is 14.6 Å². The minimum Gasteiger partial charge on any atom is -0.481 e. The summed E-state index contributed by atoms with van der Waals surface area (Å²) in [5.41, 5.74) is 1.42. The summed E-state index contributed by atoms with van der Waals surface area (Å²) in [4.78, 5) is 18.8. The first-order valence-corrected chi connectivity index (χ1v) is 5.73. The number of thiazole rings is 1. The Morgan fingerprint density at radius 2 is 2.35 bits per heavy atom. The van der Waals surface area contributed by atoms with Crippen molar-refractivity contribution in [1.29, 1.82) is 0 Å². The van der Waals surface area contributed by atoms with Gasteiger partial charge in [0, 0.05) is 23.2 Å². The first kappa shape index (κ1) is 11.5. The number of carboxylic acids is 1. The van der Waals surface area contributed by atoms with Gasteiger partial charge in [-0.25, -0.2) is 9.97 Å². The lowest BCUT2D eigenvalue weighted by atomic mass is 10.3. The number of hydrogen-bond donors (Lipinski definition) is 1. The number of aromatic nitrogens is 2. The van der Waals surface area contributed by atoms with Crippen LogP contribution in [0.5, 0.6) is 5.88 Å². The molecule has 2 heterocycles. The molecule has 0 spiro atoms. The number of rotatable bonds is 4. The van der Waals surface area contributed by atoms with Gasteiger partial charge in [0.2, 0.25) is 5.88 Å². The third-order valence-electron chi connectivity index (χ3n) is 2.08. The molecule has 0 saturated heterocycles. The predicted molar refractivity (Wildman–Crippen MR) is 63.2 cm³/mol. The van der Waals surface area contributed by atoms with E-state index in [1.54, 1.807) is 24.8 Å². The fourth-order valence-electron chi connectivity index (χ4n) is 1.30. The van der Waals surface area contributed by atoms with Gasteiger partial charge < -0.3 is 9.84 Å². The first-order chi connectivity index (χ1) is 8.19. The molecular formula is C11H10N2O3S. The lowest BCUT2D eigenvalue weighted by Gasteiger charge is -1.98. The van der Waals surface area contributed by atoms with E-state index in [-0.39, 0.29) is 6.42 Å². The van der Waals surface area contributed by atoms with Crippen molar-refractivity contribution in [2.75, 3.05) is 7.11 Å². The van der Waals surface area contributed by atoms with Crippen LogP contribution in [0.3, 0.4) is 0 Å². The van der Waals surface area contributed by atoms with Gasteiger partial charge in [-0.3, -0.25) is 4.79 Å². The SMILES string of the molecule is COc1ccc(-c2nc(CC(=O)O)cs2)cn1. The molecule has 5 nitrogen and oxygen atoms in total. The minimum atomic E-state index is -0.880. The first-order valence-electron chi connectivity index (χ1n) is 4.85. The van der Waals surface area contributed by atoms with Crippen LogP contribution in [-0.4, -0.2) is 28.2 Å². The Morgan fingerprint density at radius 3 is 2.94 bits per heavy atom. The molecule has 0 bridgehead atoms. The zero-order chi connectivity index (χ0) is 12.3. The van der Waals surface area contributed by atoms with E-state index in [9.17, 15) is 4.79 Å². The van der Waals surface area contributed by atoms with Crippen molar-refractivity contribution >= 4 is 17.3 Å². The summed E-state index contributed by atoms with van der Waals surface area (Å²) in [6.07, 6.45) is 1.60. The molecule has 0 amide bonds. The number of carboxylic acid groups (broad SMARTS) is 1. The molecule has 0 aliphatic heterocycles. The number of nitrogens with zero attached hydrogens (tertiary/aromatic N) is 2. The Hall–Kier alpha value is -1.95. The molecule has 0 aliphatic rings. The average molecular weight is 250 g/mol. The van der Waals surface area contributed by atoms with E-state index in [4.69, 9.17) is 9.84 Å². The van der Waals surface area contributed by atoms with E-state index in [2.05, 4.69) is 9.97 Å². The summed E-state index contributed by atoms with van der Waals surface area (Å²) in [6, 6.07) is 3.59. The average Bonchev–Trinajstić information content (AvgIpc) is 2.77. The number of carbonyl (C=O) groups is 1. The molecule has 0 radical (unpaired) electrons. The zero-order valence-corrected chi connectivity index (χ0v) is 9.90. The molecule has 0 unspecified atom stereocenters. The Bertz CT molecular complexity index is 522. The topological polar surface area (TPSA) is 72.3 Å². The number of ether oxygens (including phenoxy) is 1. The van der Waals surface area contributed by atoms with E-state index in [0.717, 1.165) is 10.6 Å². The number of aliphatic carboxylic acids is 1. The normalized spacial score (nSPS) is 10.2. The molecule has 2 aromatic heterocycles. The van der Waals surface area contributed by atoms with Crippen LogP contribution >= 0.6 is 11.3 Å². The molecule has 88 valence electrons. The molecule has 2 rings (SSSR count). The molecule has 1 N–H and O–H groups in total. The van der Waals surface area contributed by atoms with E-state index < -0.39 is 5.97 Å². The second-order valence-electron chi connectivity index (χ2n) is 3.30. The van der Waals surface area contributed by atoms with Crippen LogP contribution in [0.25, 0.3) is 10.6 Å². The lowest BCUT2D eigenvalue weighted by Crippen LogP contribution is -1.99. The number of hydrogen-bond acceptors (Lipinski definition) is 5. The second kappa shape index (κ2) is 4.92. The van der Waals surface area contributed by atoms with E-state index in [0.29, 0.717) is 11.6 Å². The highest BCUT2D eigenvalue weighted by Gasteiger charge is 2.08. The van der Waals surface area contributed by atoms with Gasteiger partial charge >= 0.3 is 5.97 Å². The van der Waals surface area contributed by atoms with Crippen molar-refractivity contribution in [3.8, 4) is 16.5 Å². The molecule has 2 aromatic rings. The number of methoxy groups -OCH3 is 1. The highest BCUT2D eigenvalue weighted by Crippen LogP contribution is 2.24. The molecule has 0 saturated carbocycles. The Kier molecular flexibility index (Phi) is 3.34. The lowest BCUT2D eigenvalue weighted by molar-refractivity contribution is -0.136. The Balaban J connectivity index is 2.21. The van der Waals surface area contributed by atoms with E-state index >= 15 is 0 Å². The molecule has 17 heavy (non-hydrogen) atoms. The fraction of sp³-hybridized carbons (Fsp3) is 0.182. The maximum atomic E-state index is 10.5. The largest absolute Gasteiger partial charge is 0.481 e. The molecule has 6 heteroatoms. The third-order valence-corrected chi connectivity index (χ3v) is 3.02. The fourth-order valence-corrected chi connectivity index (χ4v) is 2.11. The predicted octanol–water partition coefficient (Wildman–Crippen LogP) is 1.84. The highest BCUT2D eigenvalue weighted by atomic mass is 32.1. The van der Waals surface area contributed by atoms with Crippen molar-refractivity contribution in [2.24, 2.45) is 0 Å². The summed E-state index contributed by atoms with van der Waals surface area (Å²) >= 11 is 1.40. The maximum absolute atomic E-state index is 10.5. The van der Waals surface area contributed by atoms with E-state index in [1.165, 1.54) is 11.3 Å². The summed E-state index contributed by atoms with van der Waals surface area (Å²) in [5, 5.41) is 11.2. The van der Waals surface area contributed by atoms with Crippen LogP contribution in [0.2, 0.25) is 0 Å². The van der Waals surface area contributed by atoms with Gasteiger partial charge in [-0.1, -0.05) is 0 Å².